The van der Waals surface area contributed by atoms with Crippen molar-refractivity contribution in [2.45, 2.75) is 19.9 Å². The van der Waals surface area contributed by atoms with Crippen LogP contribution in [0.4, 0.5) is 0 Å². The monoisotopic (exact) mass is 305 g/mol. The summed E-state index contributed by atoms with van der Waals surface area (Å²) in [6, 6.07) is 0.118. The highest BCUT2D eigenvalue weighted by Crippen LogP contribution is 2.25. The van der Waals surface area contributed by atoms with Crippen LogP contribution in [0, 0.1) is 13.8 Å². The maximum absolute atomic E-state index is 12.7. The molecule has 3 heterocycles. The van der Waals surface area contributed by atoms with Crippen molar-refractivity contribution in [3.63, 3.8) is 0 Å². The van der Waals surface area contributed by atoms with Gasteiger partial charge in [-0.1, -0.05) is 0 Å². The highest BCUT2D eigenvalue weighted by atomic mass is 32.1. The SMILES string of the molecule is Cc1nc(C)c(C(=O)N2CCN(C)C(c3ncc[nH]3)C2)s1. The second-order valence-corrected chi connectivity index (χ2v) is 6.57. The lowest BCUT2D eigenvalue weighted by atomic mass is 10.1. The van der Waals surface area contributed by atoms with E-state index < -0.39 is 0 Å². The van der Waals surface area contributed by atoms with E-state index in [1.807, 2.05) is 24.9 Å². The van der Waals surface area contributed by atoms with Crippen molar-refractivity contribution in [2.24, 2.45) is 0 Å². The highest BCUT2D eigenvalue weighted by Gasteiger charge is 2.31. The molecule has 1 aliphatic heterocycles. The summed E-state index contributed by atoms with van der Waals surface area (Å²) in [5.41, 5.74) is 0.830. The van der Waals surface area contributed by atoms with Crippen LogP contribution in [0.5, 0.6) is 0 Å². The number of H-pyrrole nitrogens is 1. The van der Waals surface area contributed by atoms with Crippen LogP contribution in [0.25, 0.3) is 0 Å². The minimum Gasteiger partial charge on any atom is -0.347 e. The molecule has 1 unspecified atom stereocenters. The molecule has 2 aromatic heterocycles. The van der Waals surface area contributed by atoms with Crippen molar-refractivity contribution in [1.82, 2.24) is 24.8 Å². The lowest BCUT2D eigenvalue weighted by Crippen LogP contribution is -2.49. The number of aromatic amines is 1. The number of thiazole rings is 1. The van der Waals surface area contributed by atoms with E-state index in [-0.39, 0.29) is 11.9 Å². The molecule has 1 amide bonds. The number of amides is 1. The van der Waals surface area contributed by atoms with Crippen LogP contribution in [0.1, 0.15) is 32.2 Å². The molecule has 3 rings (SSSR count). The predicted molar refractivity (Wildman–Crippen MR) is 81.5 cm³/mol. The van der Waals surface area contributed by atoms with E-state index in [1.165, 1.54) is 11.3 Å². The van der Waals surface area contributed by atoms with Gasteiger partial charge in [0.25, 0.3) is 5.91 Å². The zero-order chi connectivity index (χ0) is 15.0. The Labute approximate surface area is 127 Å². The third kappa shape index (κ3) is 2.71. The molecular weight excluding hydrogens is 286 g/mol. The molecule has 0 saturated carbocycles. The quantitative estimate of drug-likeness (QED) is 0.915. The van der Waals surface area contributed by atoms with Crippen molar-refractivity contribution >= 4 is 17.2 Å². The van der Waals surface area contributed by atoms with Gasteiger partial charge >= 0.3 is 0 Å². The van der Waals surface area contributed by atoms with Crippen LogP contribution >= 0.6 is 11.3 Å². The Morgan fingerprint density at radius 3 is 2.86 bits per heavy atom. The van der Waals surface area contributed by atoms with E-state index in [1.54, 1.807) is 6.20 Å². The van der Waals surface area contributed by atoms with E-state index in [0.717, 1.165) is 34.5 Å². The summed E-state index contributed by atoms with van der Waals surface area (Å²) in [4.78, 5) is 29.4. The molecule has 0 radical (unpaired) electrons. The Bertz CT molecular complexity index is 636. The molecule has 0 spiro atoms. The molecule has 0 bridgehead atoms. The highest BCUT2D eigenvalue weighted by molar-refractivity contribution is 7.13. The van der Waals surface area contributed by atoms with Crippen LogP contribution in [-0.4, -0.2) is 57.3 Å². The van der Waals surface area contributed by atoms with Gasteiger partial charge < -0.3 is 9.88 Å². The van der Waals surface area contributed by atoms with Crippen molar-refractivity contribution < 1.29 is 4.79 Å². The Balaban J connectivity index is 1.80. The molecule has 1 saturated heterocycles. The van der Waals surface area contributed by atoms with Gasteiger partial charge in [0, 0.05) is 32.0 Å². The number of nitrogens with zero attached hydrogens (tertiary/aromatic N) is 4. The van der Waals surface area contributed by atoms with Crippen LogP contribution in [0.15, 0.2) is 12.4 Å². The topological polar surface area (TPSA) is 65.1 Å². The van der Waals surface area contributed by atoms with Gasteiger partial charge in [-0.3, -0.25) is 9.69 Å². The first kappa shape index (κ1) is 14.2. The summed E-state index contributed by atoms with van der Waals surface area (Å²) < 4.78 is 0. The van der Waals surface area contributed by atoms with Gasteiger partial charge in [0.15, 0.2) is 0 Å². The molecule has 1 aliphatic rings. The summed E-state index contributed by atoms with van der Waals surface area (Å²) in [6.45, 7) is 6.07. The minimum absolute atomic E-state index is 0.0859. The van der Waals surface area contributed by atoms with E-state index in [2.05, 4.69) is 26.9 Å². The van der Waals surface area contributed by atoms with Gasteiger partial charge in [-0.2, -0.15) is 0 Å². The van der Waals surface area contributed by atoms with Gasteiger partial charge in [-0.05, 0) is 20.9 Å². The first-order chi connectivity index (χ1) is 10.1. The second-order valence-electron chi connectivity index (χ2n) is 5.37. The van der Waals surface area contributed by atoms with Gasteiger partial charge in [0.05, 0.1) is 16.7 Å². The molecule has 7 heteroatoms. The standard InChI is InChI=1S/C14H19N5OS/c1-9-12(21-10(2)17-9)14(20)19-7-6-18(3)11(8-19)13-15-4-5-16-13/h4-5,11H,6-8H2,1-3H3,(H,15,16). The fourth-order valence-electron chi connectivity index (χ4n) is 2.69. The maximum atomic E-state index is 12.7. The van der Waals surface area contributed by atoms with Crippen LogP contribution < -0.4 is 0 Å². The summed E-state index contributed by atoms with van der Waals surface area (Å²) in [7, 11) is 2.07. The van der Waals surface area contributed by atoms with Gasteiger partial charge in [0.1, 0.15) is 10.7 Å². The Morgan fingerprint density at radius 2 is 2.24 bits per heavy atom. The van der Waals surface area contributed by atoms with Crippen LogP contribution in [-0.2, 0) is 0 Å². The van der Waals surface area contributed by atoms with E-state index in [9.17, 15) is 4.79 Å². The number of rotatable bonds is 2. The van der Waals surface area contributed by atoms with E-state index in [0.29, 0.717) is 6.54 Å². The average Bonchev–Trinajstić information content (AvgIpc) is 3.08. The van der Waals surface area contributed by atoms with Crippen molar-refractivity contribution in [3.8, 4) is 0 Å². The lowest BCUT2D eigenvalue weighted by Gasteiger charge is -2.38. The molecule has 21 heavy (non-hydrogen) atoms. The number of hydrogen-bond donors (Lipinski definition) is 1. The van der Waals surface area contributed by atoms with Gasteiger partial charge in [0.2, 0.25) is 0 Å². The first-order valence-corrected chi connectivity index (χ1v) is 7.80. The molecule has 1 fully saturated rings. The third-order valence-electron chi connectivity index (χ3n) is 3.87. The largest absolute Gasteiger partial charge is 0.347 e. The zero-order valence-corrected chi connectivity index (χ0v) is 13.3. The van der Waals surface area contributed by atoms with E-state index >= 15 is 0 Å². The van der Waals surface area contributed by atoms with Crippen molar-refractivity contribution in [1.29, 1.82) is 0 Å². The molecule has 0 aromatic carbocycles. The number of carbonyl (C=O) groups excluding carboxylic acids is 1. The number of imidazole rings is 1. The summed E-state index contributed by atoms with van der Waals surface area (Å²) in [5.74, 6) is 0.995. The average molecular weight is 305 g/mol. The Morgan fingerprint density at radius 1 is 1.43 bits per heavy atom. The summed E-state index contributed by atoms with van der Waals surface area (Å²) >= 11 is 1.48. The number of aromatic nitrogens is 3. The lowest BCUT2D eigenvalue weighted by molar-refractivity contribution is 0.0538. The van der Waals surface area contributed by atoms with Crippen LogP contribution in [0.3, 0.4) is 0 Å². The van der Waals surface area contributed by atoms with Crippen molar-refractivity contribution in [3.05, 3.63) is 33.8 Å². The maximum Gasteiger partial charge on any atom is 0.265 e. The molecule has 112 valence electrons. The van der Waals surface area contributed by atoms with Gasteiger partial charge in [-0.25, -0.2) is 9.97 Å². The Hall–Kier alpha value is -1.73. The number of carbonyl (C=O) groups is 1. The smallest absolute Gasteiger partial charge is 0.265 e. The normalized spacial score (nSPS) is 20.0. The Kier molecular flexibility index (Phi) is 3.77. The molecule has 0 aliphatic carbocycles. The first-order valence-electron chi connectivity index (χ1n) is 6.99. The number of aryl methyl sites for hydroxylation is 2. The third-order valence-corrected chi connectivity index (χ3v) is 4.93. The number of likely N-dealkylation sites (N-methyl/N-ethyl adjacent to an activating group) is 1. The summed E-state index contributed by atoms with van der Waals surface area (Å²) in [6.07, 6.45) is 3.57. The molecule has 1 N–H and O–H groups in total. The minimum atomic E-state index is 0.0859. The van der Waals surface area contributed by atoms with Crippen LogP contribution in [0.2, 0.25) is 0 Å². The molecule has 1 atom stereocenters. The molecule has 6 nitrogen and oxygen atoms in total. The molecule has 2 aromatic rings. The number of hydrogen-bond acceptors (Lipinski definition) is 5. The fraction of sp³-hybridized carbons (Fsp3) is 0.500. The van der Waals surface area contributed by atoms with E-state index in [4.69, 9.17) is 0 Å². The number of nitrogens with one attached hydrogen (secondary N) is 1. The summed E-state index contributed by atoms with van der Waals surface area (Å²) in [5, 5.41) is 0.938. The van der Waals surface area contributed by atoms with Gasteiger partial charge in [-0.15, -0.1) is 11.3 Å². The predicted octanol–water partition coefficient (Wildman–Crippen LogP) is 1.61. The molecular formula is C14H19N5OS. The zero-order valence-electron chi connectivity index (χ0n) is 12.5. The second kappa shape index (κ2) is 5.57. The van der Waals surface area contributed by atoms with Crippen molar-refractivity contribution in [2.75, 3.05) is 26.7 Å². The fourth-order valence-corrected chi connectivity index (χ4v) is 3.57. The number of piperazine rings is 1.